The van der Waals surface area contributed by atoms with Gasteiger partial charge in [0.25, 0.3) is 5.91 Å². The number of carbonyl (C=O) groups is 2. The molecule has 7 rings (SSSR count). The molecule has 6 aromatic rings. The molecule has 1 aliphatic heterocycles. The fourth-order valence-corrected chi connectivity index (χ4v) is 8.96. The van der Waals surface area contributed by atoms with Crippen molar-refractivity contribution in [2.24, 2.45) is 0 Å². The van der Waals surface area contributed by atoms with Gasteiger partial charge in [0.2, 0.25) is 5.56 Å². The molecule has 1 aromatic heterocycles. The van der Waals surface area contributed by atoms with Gasteiger partial charge in [-0.2, -0.15) is 0 Å². The van der Waals surface area contributed by atoms with Crippen LogP contribution in [0.15, 0.2) is 138 Å². The Kier molecular flexibility index (Phi) is 15.1. The normalized spacial score (nSPS) is 14.2. The van der Waals surface area contributed by atoms with Gasteiger partial charge in [-0.3, -0.25) is 14.9 Å². The number of amides is 2. The van der Waals surface area contributed by atoms with Gasteiger partial charge in [0, 0.05) is 61.8 Å². The molecule has 0 radical (unpaired) electrons. The Morgan fingerprint density at radius 1 is 0.812 bits per heavy atom. The number of anilines is 1. The number of nitrogens with one attached hydrogen (secondary N) is 4. The molecule has 2 amide bonds. The number of carbonyl (C=O) groups excluding carboxylic acids is 2. The molecular weight excluding hydrogens is 819 g/mol. The third-order valence-electron chi connectivity index (χ3n) is 12.4. The first kappa shape index (κ1) is 46.0. The van der Waals surface area contributed by atoms with E-state index in [0.29, 0.717) is 55.3 Å². The molecule has 4 N–H and O–H groups in total. The van der Waals surface area contributed by atoms with Crippen LogP contribution in [-0.2, 0) is 22.3 Å². The molecule has 334 valence electrons. The van der Waals surface area contributed by atoms with Crippen LogP contribution in [0.5, 0.6) is 5.75 Å². The number of para-hydroxylation sites is 1. The van der Waals surface area contributed by atoms with E-state index in [9.17, 15) is 14.4 Å². The summed E-state index contributed by atoms with van der Waals surface area (Å²) in [4.78, 5) is 43.9. The van der Waals surface area contributed by atoms with Gasteiger partial charge < -0.3 is 34.4 Å². The minimum Gasteiger partial charge on any atom is -0.487 e. The number of hydrogen-bond acceptors (Lipinski definition) is 8. The van der Waals surface area contributed by atoms with Crippen LogP contribution in [0, 0.1) is 0 Å². The maximum absolute atomic E-state index is 13.1. The first-order valence-electron chi connectivity index (χ1n) is 22.3. The summed E-state index contributed by atoms with van der Waals surface area (Å²) in [6.45, 7) is 15.5. The summed E-state index contributed by atoms with van der Waals surface area (Å²) < 4.78 is 19.1. The van der Waals surface area contributed by atoms with Gasteiger partial charge in [0.05, 0.1) is 17.3 Å². The molecule has 12 heteroatoms. The second-order valence-electron chi connectivity index (χ2n) is 18.0. The summed E-state index contributed by atoms with van der Waals surface area (Å²) in [7, 11) is -2.24. The lowest BCUT2D eigenvalue weighted by Crippen LogP contribution is -2.43. The number of hydrogen-bond donors (Lipinski definition) is 4. The van der Waals surface area contributed by atoms with E-state index in [-0.39, 0.29) is 28.7 Å². The zero-order chi connectivity index (χ0) is 45.1. The summed E-state index contributed by atoms with van der Waals surface area (Å²) in [5, 5.41) is 10.5. The quantitative estimate of drug-likeness (QED) is 0.0666. The molecule has 64 heavy (non-hydrogen) atoms. The van der Waals surface area contributed by atoms with Crippen molar-refractivity contribution in [2.75, 3.05) is 38.0 Å². The molecule has 0 saturated carbocycles. The van der Waals surface area contributed by atoms with E-state index in [2.05, 4.69) is 65.8 Å². The minimum atomic E-state index is -2.24. The van der Waals surface area contributed by atoms with Crippen molar-refractivity contribution in [1.29, 1.82) is 0 Å². The number of aromatic amines is 1. The Morgan fingerprint density at radius 3 is 2.22 bits per heavy atom. The van der Waals surface area contributed by atoms with Crippen LogP contribution in [0.2, 0.25) is 18.1 Å². The number of ether oxygens (including phenoxy) is 2. The number of nitrogens with zero attached hydrogens (tertiary/aromatic N) is 1. The number of likely N-dealkylation sites (tertiary alicyclic amines) is 1. The van der Waals surface area contributed by atoms with Crippen molar-refractivity contribution in [2.45, 2.75) is 77.1 Å². The van der Waals surface area contributed by atoms with E-state index in [1.54, 1.807) is 6.07 Å². The summed E-state index contributed by atoms with van der Waals surface area (Å²) in [5.74, 6) is 0.494. The van der Waals surface area contributed by atoms with Crippen LogP contribution in [-0.4, -0.2) is 69.0 Å². The Bertz CT molecular complexity index is 2530. The number of H-pyrrole nitrogens is 1. The van der Waals surface area contributed by atoms with Crippen molar-refractivity contribution in [3.8, 4) is 16.9 Å². The van der Waals surface area contributed by atoms with Crippen molar-refractivity contribution < 1.29 is 23.5 Å². The van der Waals surface area contributed by atoms with Gasteiger partial charge in [-0.25, -0.2) is 4.79 Å². The molecule has 1 saturated heterocycles. The van der Waals surface area contributed by atoms with Gasteiger partial charge in [-0.05, 0) is 83.6 Å². The Labute approximate surface area is 377 Å². The van der Waals surface area contributed by atoms with E-state index in [1.807, 2.05) is 121 Å². The second kappa shape index (κ2) is 21.1. The standard InChI is InChI=1S/C52H61N5O6Si/c1-52(2,3)64(4,5)63-47(43-24-26-46(49-44(43)25-27-48(58)56-49)61-36-38-14-8-6-9-15-38)35-53-34-37-20-22-40(23-21-37)50(59)54-30-33-57-31-28-41(29-32-57)62-51(60)55-45-19-13-12-18-42(45)39-16-10-7-11-17-39/h6-27,41,47,53H,28-36H2,1-5H3,(H,54,59)(H,55,60)(H,56,58)/t47-/m0/s1. The average Bonchev–Trinajstić information content (AvgIpc) is 3.29. The minimum absolute atomic E-state index is 0.0206. The first-order chi connectivity index (χ1) is 30.8. The van der Waals surface area contributed by atoms with Crippen LogP contribution in [0.3, 0.4) is 0 Å². The fourth-order valence-electron chi connectivity index (χ4n) is 7.69. The van der Waals surface area contributed by atoms with Gasteiger partial charge in [0.1, 0.15) is 18.5 Å². The predicted molar refractivity (Wildman–Crippen MR) is 258 cm³/mol. The summed E-state index contributed by atoms with van der Waals surface area (Å²) >= 11 is 0. The van der Waals surface area contributed by atoms with Crippen LogP contribution < -0.4 is 26.2 Å². The van der Waals surface area contributed by atoms with Gasteiger partial charge in [-0.15, -0.1) is 0 Å². The number of pyridine rings is 1. The van der Waals surface area contributed by atoms with E-state index < -0.39 is 14.4 Å². The summed E-state index contributed by atoms with van der Waals surface area (Å²) in [5.41, 5.74) is 6.80. The molecule has 0 aliphatic carbocycles. The largest absolute Gasteiger partial charge is 0.487 e. The third-order valence-corrected chi connectivity index (χ3v) is 16.8. The molecule has 11 nitrogen and oxygen atoms in total. The molecule has 1 fully saturated rings. The highest BCUT2D eigenvalue weighted by atomic mass is 28.4. The highest BCUT2D eigenvalue weighted by Gasteiger charge is 2.40. The maximum atomic E-state index is 13.1. The Hall–Kier alpha value is -6.05. The lowest BCUT2D eigenvalue weighted by molar-refractivity contribution is 0.0587. The van der Waals surface area contributed by atoms with Crippen molar-refractivity contribution in [1.82, 2.24) is 20.5 Å². The number of rotatable bonds is 17. The van der Waals surface area contributed by atoms with Crippen LogP contribution >= 0.6 is 0 Å². The van der Waals surface area contributed by atoms with E-state index >= 15 is 0 Å². The highest BCUT2D eigenvalue weighted by molar-refractivity contribution is 6.74. The molecule has 0 spiro atoms. The zero-order valence-corrected chi connectivity index (χ0v) is 38.6. The van der Waals surface area contributed by atoms with Crippen molar-refractivity contribution in [3.05, 3.63) is 166 Å². The maximum Gasteiger partial charge on any atom is 0.411 e. The van der Waals surface area contributed by atoms with Gasteiger partial charge in [-0.1, -0.05) is 118 Å². The monoisotopic (exact) mass is 879 g/mol. The lowest BCUT2D eigenvalue weighted by atomic mass is 10.0. The molecule has 0 unspecified atom stereocenters. The third kappa shape index (κ3) is 12.1. The van der Waals surface area contributed by atoms with Crippen LogP contribution in [0.1, 0.15) is 66.8 Å². The summed E-state index contributed by atoms with van der Waals surface area (Å²) in [6.07, 6.45) is 0.550. The smallest absolute Gasteiger partial charge is 0.411 e. The van der Waals surface area contributed by atoms with Crippen LogP contribution in [0.25, 0.3) is 22.0 Å². The van der Waals surface area contributed by atoms with Crippen molar-refractivity contribution in [3.63, 3.8) is 0 Å². The van der Waals surface area contributed by atoms with E-state index in [4.69, 9.17) is 13.9 Å². The van der Waals surface area contributed by atoms with Gasteiger partial charge >= 0.3 is 6.09 Å². The Morgan fingerprint density at radius 2 is 1.50 bits per heavy atom. The molecular formula is C52H61N5O6Si. The second-order valence-corrected chi connectivity index (χ2v) is 22.7. The number of benzene rings is 5. The van der Waals surface area contributed by atoms with Crippen molar-refractivity contribution >= 4 is 36.9 Å². The fraction of sp³-hybridized carbons (Fsp3) is 0.327. The molecule has 0 bridgehead atoms. The lowest BCUT2D eigenvalue weighted by Gasteiger charge is -2.39. The van der Waals surface area contributed by atoms with Crippen LogP contribution in [0.4, 0.5) is 10.5 Å². The summed E-state index contributed by atoms with van der Waals surface area (Å²) in [6, 6.07) is 42.7. The zero-order valence-electron chi connectivity index (χ0n) is 37.6. The molecule has 5 aromatic carbocycles. The Balaban J connectivity index is 0.887. The SMILES string of the molecule is CC(C)(C)[Si](C)(C)O[C@@H](CNCc1ccc(C(=O)NCCN2CCC(OC(=O)Nc3ccccc3-c3ccccc3)CC2)cc1)c1ccc(OCc2ccccc2)c2[nH]c(=O)ccc12. The first-order valence-corrected chi connectivity index (χ1v) is 25.2. The van der Waals surface area contributed by atoms with E-state index in [0.717, 1.165) is 59.1 Å². The number of piperidine rings is 1. The number of aromatic nitrogens is 1. The predicted octanol–water partition coefficient (Wildman–Crippen LogP) is 10.1. The highest BCUT2D eigenvalue weighted by Crippen LogP contribution is 2.41. The molecule has 1 aliphatic rings. The molecule has 2 heterocycles. The van der Waals surface area contributed by atoms with Gasteiger partial charge in [0.15, 0.2) is 8.32 Å². The number of fused-ring (bicyclic) bond motifs is 1. The molecule has 1 atom stereocenters. The van der Waals surface area contributed by atoms with E-state index in [1.165, 1.54) is 0 Å². The average molecular weight is 880 g/mol. The topological polar surface area (TPSA) is 134 Å².